The maximum Gasteiger partial charge on any atom is 0.159 e. The minimum absolute atomic E-state index is 0.117. The summed E-state index contributed by atoms with van der Waals surface area (Å²) in [7, 11) is 0. The Morgan fingerprint density at radius 1 is 0.386 bits per heavy atom. The topological polar surface area (TPSA) is 16.4 Å². The lowest BCUT2D eigenvalue weighted by Gasteiger charge is -2.29. The van der Waals surface area contributed by atoms with E-state index in [1.165, 1.54) is 66.4 Å². The summed E-state index contributed by atoms with van der Waals surface area (Å²) in [5, 5.41) is 4.78. The monoisotopic (exact) mass is 729 g/mol. The fourth-order valence-electron chi connectivity index (χ4n) is 9.22. The molecule has 0 N–H and O–H groups in total. The molecule has 0 unspecified atom stereocenters. The molecule has 10 aromatic rings. The van der Waals surface area contributed by atoms with E-state index in [1.54, 1.807) is 0 Å². The Balaban J connectivity index is 0.972. The van der Waals surface area contributed by atoms with E-state index in [-0.39, 0.29) is 5.41 Å². The minimum Gasteiger partial charge on any atom is -0.454 e. The lowest BCUT2D eigenvalue weighted by Crippen LogP contribution is -2.16. The third kappa shape index (κ3) is 5.33. The van der Waals surface area contributed by atoms with Crippen LogP contribution in [0.25, 0.3) is 77.2 Å². The number of para-hydroxylation sites is 2. The van der Waals surface area contributed by atoms with Crippen molar-refractivity contribution in [1.29, 1.82) is 0 Å². The first-order valence-electron chi connectivity index (χ1n) is 19.8. The number of benzene rings is 9. The van der Waals surface area contributed by atoms with Crippen LogP contribution in [0.5, 0.6) is 0 Å². The number of rotatable bonds is 6. The Morgan fingerprint density at radius 2 is 0.895 bits per heavy atom. The summed E-state index contributed by atoms with van der Waals surface area (Å²) in [6, 6.07) is 72.5. The van der Waals surface area contributed by atoms with E-state index in [0.29, 0.717) is 0 Å². The summed E-state index contributed by atoms with van der Waals surface area (Å²) in [4.78, 5) is 2.40. The molecule has 0 fully saturated rings. The van der Waals surface area contributed by atoms with Gasteiger partial charge >= 0.3 is 0 Å². The Kier molecular flexibility index (Phi) is 7.55. The number of fused-ring (bicyclic) bond motifs is 7. The highest BCUT2D eigenvalue weighted by atomic mass is 16.3. The van der Waals surface area contributed by atoms with Gasteiger partial charge in [0, 0.05) is 27.4 Å². The van der Waals surface area contributed by atoms with Gasteiger partial charge in [-0.2, -0.15) is 0 Å². The highest BCUT2D eigenvalue weighted by molar-refractivity contribution is 6.11. The highest BCUT2D eigenvalue weighted by Gasteiger charge is 2.38. The van der Waals surface area contributed by atoms with Crippen molar-refractivity contribution in [2.75, 3.05) is 4.90 Å². The summed E-state index contributed by atoms with van der Waals surface area (Å²) >= 11 is 0. The molecule has 1 aromatic heterocycles. The van der Waals surface area contributed by atoms with Crippen molar-refractivity contribution < 1.29 is 4.42 Å². The molecule has 0 bridgehead atoms. The second kappa shape index (κ2) is 13.0. The van der Waals surface area contributed by atoms with E-state index in [4.69, 9.17) is 4.42 Å². The molecule has 0 amide bonds. The maximum atomic E-state index is 6.68. The van der Waals surface area contributed by atoms with Gasteiger partial charge in [-0.1, -0.05) is 184 Å². The second-order valence-corrected chi connectivity index (χ2v) is 15.7. The van der Waals surface area contributed by atoms with E-state index in [9.17, 15) is 0 Å². The van der Waals surface area contributed by atoms with Gasteiger partial charge in [-0.3, -0.25) is 0 Å². The molecule has 0 atom stereocenters. The Hall–Kier alpha value is -7.16. The van der Waals surface area contributed by atoms with Gasteiger partial charge in [-0.15, -0.1) is 0 Å². The number of furan rings is 1. The smallest absolute Gasteiger partial charge is 0.159 e. The first-order chi connectivity index (χ1) is 28.0. The van der Waals surface area contributed by atoms with Crippen LogP contribution in [0.15, 0.2) is 205 Å². The van der Waals surface area contributed by atoms with Gasteiger partial charge in [0.05, 0.1) is 11.4 Å². The van der Waals surface area contributed by atoms with Crippen molar-refractivity contribution in [3.05, 3.63) is 211 Å². The fraction of sp³-hybridized carbons (Fsp3) is 0.0545. The molecule has 270 valence electrons. The van der Waals surface area contributed by atoms with Gasteiger partial charge in [0.25, 0.3) is 0 Å². The van der Waals surface area contributed by atoms with E-state index in [1.807, 2.05) is 6.07 Å². The van der Waals surface area contributed by atoms with E-state index in [2.05, 4.69) is 213 Å². The predicted molar refractivity (Wildman–Crippen MR) is 240 cm³/mol. The third-order valence-electron chi connectivity index (χ3n) is 12.1. The van der Waals surface area contributed by atoms with Crippen LogP contribution in [-0.4, -0.2) is 0 Å². The van der Waals surface area contributed by atoms with Crippen molar-refractivity contribution >= 4 is 49.8 Å². The Labute approximate surface area is 332 Å². The fourth-order valence-corrected chi connectivity index (χ4v) is 9.22. The lowest BCUT2D eigenvalue weighted by atomic mass is 9.82. The predicted octanol–water partition coefficient (Wildman–Crippen LogP) is 15.5. The van der Waals surface area contributed by atoms with Crippen LogP contribution < -0.4 is 4.90 Å². The van der Waals surface area contributed by atoms with Crippen LogP contribution in [0.3, 0.4) is 0 Å². The van der Waals surface area contributed by atoms with Crippen molar-refractivity contribution in [2.45, 2.75) is 19.3 Å². The molecule has 0 saturated heterocycles. The van der Waals surface area contributed by atoms with Gasteiger partial charge in [0.15, 0.2) is 5.58 Å². The molecule has 0 saturated carbocycles. The molecule has 9 aromatic carbocycles. The maximum absolute atomic E-state index is 6.68. The number of hydrogen-bond donors (Lipinski definition) is 0. The molecule has 2 heteroatoms. The van der Waals surface area contributed by atoms with Crippen LogP contribution in [0, 0.1) is 0 Å². The van der Waals surface area contributed by atoms with Crippen LogP contribution in [0.4, 0.5) is 17.1 Å². The summed E-state index contributed by atoms with van der Waals surface area (Å²) < 4.78 is 6.68. The van der Waals surface area contributed by atoms with E-state index >= 15 is 0 Å². The molecule has 1 heterocycles. The standard InChI is InChI=1S/C55H39NO/c1-55(2)48-19-7-5-16-47(48)53-49(55)20-11-21-50(53)56(51-22-10-18-46-45-15-6-8-23-52(45)57-54(46)51)42-34-32-39(33-35-42)37-26-24-36(25-27-37)38-28-30-41(31-29-38)44-17-9-13-40-12-3-4-14-43(40)44/h3-35H,1-2H3. The third-order valence-corrected chi connectivity index (χ3v) is 12.1. The number of anilines is 3. The molecule has 11 rings (SSSR count). The molecule has 57 heavy (non-hydrogen) atoms. The van der Waals surface area contributed by atoms with Gasteiger partial charge in [0.2, 0.25) is 0 Å². The zero-order chi connectivity index (χ0) is 38.1. The van der Waals surface area contributed by atoms with Crippen LogP contribution in [0.2, 0.25) is 0 Å². The van der Waals surface area contributed by atoms with Crippen molar-refractivity contribution in [3.8, 4) is 44.5 Å². The number of nitrogens with zero attached hydrogens (tertiary/aromatic N) is 1. The summed E-state index contributed by atoms with van der Waals surface area (Å²) in [6.45, 7) is 4.68. The van der Waals surface area contributed by atoms with Crippen molar-refractivity contribution in [1.82, 2.24) is 0 Å². The summed E-state index contributed by atoms with van der Waals surface area (Å²) in [5.41, 5.74) is 17.4. The average molecular weight is 730 g/mol. The molecule has 1 aliphatic rings. The highest BCUT2D eigenvalue weighted by Crippen LogP contribution is 2.55. The SMILES string of the molecule is CC1(C)c2ccccc2-c2c(N(c3ccc(-c4ccc(-c5ccc(-c6cccc7ccccc67)cc5)cc4)cc3)c3cccc4c3oc3ccccc34)cccc21. The molecular formula is C55H39NO. The average Bonchev–Trinajstić information content (AvgIpc) is 3.77. The molecule has 1 aliphatic carbocycles. The van der Waals surface area contributed by atoms with Crippen molar-refractivity contribution in [3.63, 3.8) is 0 Å². The van der Waals surface area contributed by atoms with Crippen LogP contribution in [0.1, 0.15) is 25.0 Å². The van der Waals surface area contributed by atoms with Crippen molar-refractivity contribution in [2.24, 2.45) is 0 Å². The van der Waals surface area contributed by atoms with Gasteiger partial charge in [-0.05, 0) is 91.2 Å². The zero-order valence-corrected chi connectivity index (χ0v) is 31.9. The molecule has 0 spiro atoms. The molecular weight excluding hydrogens is 691 g/mol. The van der Waals surface area contributed by atoms with Crippen LogP contribution >= 0.6 is 0 Å². The normalized spacial score (nSPS) is 12.9. The first kappa shape index (κ1) is 33.2. The first-order valence-corrected chi connectivity index (χ1v) is 19.8. The quantitative estimate of drug-likeness (QED) is 0.169. The van der Waals surface area contributed by atoms with Crippen LogP contribution in [-0.2, 0) is 5.41 Å². The van der Waals surface area contributed by atoms with Gasteiger partial charge < -0.3 is 9.32 Å². The Morgan fingerprint density at radius 3 is 1.65 bits per heavy atom. The van der Waals surface area contributed by atoms with Gasteiger partial charge in [0.1, 0.15) is 5.58 Å². The van der Waals surface area contributed by atoms with Gasteiger partial charge in [-0.25, -0.2) is 0 Å². The molecule has 2 nitrogen and oxygen atoms in total. The Bertz CT molecular complexity index is 3130. The summed E-state index contributed by atoms with van der Waals surface area (Å²) in [5.74, 6) is 0. The molecule has 0 radical (unpaired) electrons. The number of hydrogen-bond acceptors (Lipinski definition) is 2. The summed E-state index contributed by atoms with van der Waals surface area (Å²) in [6.07, 6.45) is 0. The van der Waals surface area contributed by atoms with E-state index in [0.717, 1.165) is 39.0 Å². The minimum atomic E-state index is -0.117. The van der Waals surface area contributed by atoms with E-state index < -0.39 is 0 Å². The zero-order valence-electron chi connectivity index (χ0n) is 31.9. The second-order valence-electron chi connectivity index (χ2n) is 15.7. The largest absolute Gasteiger partial charge is 0.454 e. The lowest BCUT2D eigenvalue weighted by molar-refractivity contribution is 0.660. The molecule has 0 aliphatic heterocycles.